The molecule has 8 heteroatoms. The van der Waals surface area contributed by atoms with E-state index in [1.165, 1.54) is 0 Å². The number of benzene rings is 1. The molecule has 0 aliphatic rings. The monoisotopic (exact) mass is 420 g/mol. The Kier molecular flexibility index (Phi) is 6.44. The van der Waals surface area contributed by atoms with Gasteiger partial charge in [-0.25, -0.2) is 9.97 Å². The number of aromatic amines is 2. The van der Waals surface area contributed by atoms with Crippen LogP contribution in [0.2, 0.25) is 0 Å². The van der Waals surface area contributed by atoms with Gasteiger partial charge >= 0.3 is 0 Å². The Hall–Kier alpha value is -3.13. The van der Waals surface area contributed by atoms with Gasteiger partial charge < -0.3 is 10.3 Å². The number of hydrogen-bond acceptors (Lipinski definition) is 6. The van der Waals surface area contributed by atoms with Crippen molar-refractivity contribution in [3.8, 4) is 0 Å². The van der Waals surface area contributed by atoms with Gasteiger partial charge in [0.05, 0.1) is 12.0 Å². The Morgan fingerprint density at radius 3 is 2.83 bits per heavy atom. The van der Waals surface area contributed by atoms with Gasteiger partial charge in [-0.15, -0.1) is 0 Å². The number of pyridine rings is 1. The fraction of sp³-hybridized carbons (Fsp3) is 0.273. The number of aryl methyl sites for hydroxylation is 1. The van der Waals surface area contributed by atoms with E-state index in [2.05, 4.69) is 36.3 Å². The number of nitrogens with one attached hydrogen (secondary N) is 3. The predicted molar refractivity (Wildman–Crippen MR) is 122 cm³/mol. The van der Waals surface area contributed by atoms with Crippen LogP contribution in [-0.2, 0) is 12.2 Å². The SMILES string of the molecule is Cc1[nH]cnc1CSCCCNc1ncc(Cc2cncc3ccccc23)c(=O)[nH]1. The second-order valence-electron chi connectivity index (χ2n) is 7.09. The molecule has 0 unspecified atom stereocenters. The fourth-order valence-corrected chi connectivity index (χ4v) is 4.22. The molecule has 0 bridgehead atoms. The van der Waals surface area contributed by atoms with Crippen LogP contribution >= 0.6 is 11.8 Å². The van der Waals surface area contributed by atoms with Gasteiger partial charge in [0.15, 0.2) is 0 Å². The van der Waals surface area contributed by atoms with Crippen LogP contribution in [0.25, 0.3) is 10.8 Å². The van der Waals surface area contributed by atoms with E-state index in [0.717, 1.165) is 52.2 Å². The van der Waals surface area contributed by atoms with Crippen LogP contribution < -0.4 is 10.9 Å². The first kappa shape index (κ1) is 20.2. The number of fused-ring (bicyclic) bond motifs is 1. The molecule has 3 heterocycles. The topological polar surface area (TPSA) is 99.3 Å². The third-order valence-corrected chi connectivity index (χ3v) is 5.99. The molecule has 0 saturated heterocycles. The van der Waals surface area contributed by atoms with Gasteiger partial charge in [0.25, 0.3) is 5.56 Å². The van der Waals surface area contributed by atoms with Gasteiger partial charge in [-0.1, -0.05) is 24.3 Å². The molecule has 3 N–H and O–H groups in total. The normalized spacial score (nSPS) is 11.1. The summed E-state index contributed by atoms with van der Waals surface area (Å²) in [4.78, 5) is 31.4. The molecule has 4 aromatic rings. The fourth-order valence-electron chi connectivity index (χ4n) is 3.24. The van der Waals surface area contributed by atoms with Crippen LogP contribution in [0.1, 0.15) is 28.9 Å². The van der Waals surface area contributed by atoms with Crippen molar-refractivity contribution < 1.29 is 0 Å². The minimum atomic E-state index is -0.121. The van der Waals surface area contributed by atoms with E-state index < -0.39 is 0 Å². The molecule has 7 nitrogen and oxygen atoms in total. The Labute approximate surface area is 178 Å². The maximum Gasteiger partial charge on any atom is 0.255 e. The van der Waals surface area contributed by atoms with Crippen LogP contribution in [0.3, 0.4) is 0 Å². The second-order valence-corrected chi connectivity index (χ2v) is 8.20. The highest BCUT2D eigenvalue weighted by atomic mass is 32.2. The number of nitrogens with zero attached hydrogens (tertiary/aromatic N) is 3. The first-order valence-corrected chi connectivity index (χ1v) is 11.1. The molecule has 0 radical (unpaired) electrons. The molecule has 0 spiro atoms. The van der Waals surface area contributed by atoms with E-state index in [1.54, 1.807) is 12.5 Å². The van der Waals surface area contributed by atoms with Crippen molar-refractivity contribution in [3.63, 3.8) is 0 Å². The molecule has 0 aliphatic carbocycles. The number of thioether (sulfide) groups is 1. The highest BCUT2D eigenvalue weighted by Crippen LogP contribution is 2.19. The first-order chi connectivity index (χ1) is 14.7. The lowest BCUT2D eigenvalue weighted by Crippen LogP contribution is -2.17. The van der Waals surface area contributed by atoms with Crippen LogP contribution in [-0.4, -0.2) is 37.2 Å². The molecule has 0 atom stereocenters. The van der Waals surface area contributed by atoms with Crippen molar-refractivity contribution in [2.75, 3.05) is 17.6 Å². The van der Waals surface area contributed by atoms with E-state index in [9.17, 15) is 4.79 Å². The average Bonchev–Trinajstić information content (AvgIpc) is 3.17. The maximum atomic E-state index is 12.5. The van der Waals surface area contributed by atoms with Gasteiger partial charge in [0.2, 0.25) is 5.95 Å². The Bertz CT molecular complexity index is 1180. The molecule has 3 aromatic heterocycles. The first-order valence-electron chi connectivity index (χ1n) is 9.91. The Morgan fingerprint density at radius 2 is 2.00 bits per heavy atom. The highest BCUT2D eigenvalue weighted by molar-refractivity contribution is 7.98. The third kappa shape index (κ3) is 4.88. The van der Waals surface area contributed by atoms with Gasteiger partial charge in [0.1, 0.15) is 0 Å². The van der Waals surface area contributed by atoms with Gasteiger partial charge in [-0.2, -0.15) is 11.8 Å². The average molecular weight is 421 g/mol. The summed E-state index contributed by atoms with van der Waals surface area (Å²) >= 11 is 1.85. The molecular formula is C22H24N6OS. The molecular weight excluding hydrogens is 396 g/mol. The van der Waals surface area contributed by atoms with E-state index in [-0.39, 0.29) is 5.56 Å². The van der Waals surface area contributed by atoms with E-state index >= 15 is 0 Å². The van der Waals surface area contributed by atoms with Crippen LogP contribution in [0.15, 0.2) is 54.0 Å². The number of H-pyrrole nitrogens is 2. The van der Waals surface area contributed by atoms with Crippen molar-refractivity contribution in [3.05, 3.63) is 82.1 Å². The molecule has 154 valence electrons. The largest absolute Gasteiger partial charge is 0.356 e. The van der Waals surface area contributed by atoms with Crippen molar-refractivity contribution in [1.82, 2.24) is 24.9 Å². The molecule has 0 aliphatic heterocycles. The van der Waals surface area contributed by atoms with E-state index in [1.807, 2.05) is 49.3 Å². The molecule has 4 rings (SSSR count). The van der Waals surface area contributed by atoms with Crippen LogP contribution in [0.5, 0.6) is 0 Å². The summed E-state index contributed by atoms with van der Waals surface area (Å²) in [5.74, 6) is 2.42. The summed E-state index contributed by atoms with van der Waals surface area (Å²) in [6.45, 7) is 2.79. The zero-order valence-electron chi connectivity index (χ0n) is 16.8. The van der Waals surface area contributed by atoms with Crippen LogP contribution in [0.4, 0.5) is 5.95 Å². The molecule has 0 amide bonds. The number of imidazole rings is 1. The summed E-state index contributed by atoms with van der Waals surface area (Å²) in [5, 5.41) is 5.37. The minimum Gasteiger partial charge on any atom is -0.356 e. The lowest BCUT2D eigenvalue weighted by atomic mass is 10.0. The minimum absolute atomic E-state index is 0.121. The van der Waals surface area contributed by atoms with Crippen LogP contribution in [0, 0.1) is 6.92 Å². The van der Waals surface area contributed by atoms with Crippen molar-refractivity contribution in [2.45, 2.75) is 25.5 Å². The summed E-state index contributed by atoms with van der Waals surface area (Å²) < 4.78 is 0. The Morgan fingerprint density at radius 1 is 1.10 bits per heavy atom. The van der Waals surface area contributed by atoms with Crippen molar-refractivity contribution >= 4 is 28.5 Å². The zero-order valence-corrected chi connectivity index (χ0v) is 17.6. The third-order valence-electron chi connectivity index (χ3n) is 4.94. The quantitative estimate of drug-likeness (QED) is 0.357. The summed E-state index contributed by atoms with van der Waals surface area (Å²) in [6, 6.07) is 8.06. The summed E-state index contributed by atoms with van der Waals surface area (Å²) in [7, 11) is 0. The lowest BCUT2D eigenvalue weighted by molar-refractivity contribution is 0.943. The number of hydrogen-bond donors (Lipinski definition) is 3. The summed E-state index contributed by atoms with van der Waals surface area (Å²) in [5.41, 5.74) is 3.76. The zero-order chi connectivity index (χ0) is 20.8. The molecule has 0 fully saturated rings. The van der Waals surface area contributed by atoms with Gasteiger partial charge in [-0.3, -0.25) is 14.8 Å². The molecule has 30 heavy (non-hydrogen) atoms. The second kappa shape index (κ2) is 9.58. The van der Waals surface area contributed by atoms with Crippen molar-refractivity contribution in [2.24, 2.45) is 0 Å². The van der Waals surface area contributed by atoms with Crippen molar-refractivity contribution in [1.29, 1.82) is 0 Å². The van der Waals surface area contributed by atoms with E-state index in [0.29, 0.717) is 17.9 Å². The maximum absolute atomic E-state index is 12.5. The van der Waals surface area contributed by atoms with Gasteiger partial charge in [-0.05, 0) is 30.0 Å². The lowest BCUT2D eigenvalue weighted by Gasteiger charge is -2.08. The predicted octanol–water partition coefficient (Wildman–Crippen LogP) is 3.68. The number of aromatic nitrogens is 5. The van der Waals surface area contributed by atoms with Gasteiger partial charge in [0, 0.05) is 54.0 Å². The smallest absolute Gasteiger partial charge is 0.255 e. The summed E-state index contributed by atoms with van der Waals surface area (Å²) in [6.07, 6.45) is 8.51. The highest BCUT2D eigenvalue weighted by Gasteiger charge is 2.07. The van der Waals surface area contributed by atoms with E-state index in [4.69, 9.17) is 0 Å². The molecule has 1 aromatic carbocycles. The number of rotatable bonds is 9. The molecule has 0 saturated carbocycles. The number of anilines is 1. The standard InChI is InChI=1S/C22H24N6OS/c1-15-20(27-14-26-15)13-30-8-4-7-24-22-25-12-18(21(29)28-22)9-17-11-23-10-16-5-2-3-6-19(16)17/h2-3,5-6,10-12,14H,4,7-9,13H2,1H3,(H,26,27)(H2,24,25,28,29). The Balaban J connectivity index is 1.29.